The Morgan fingerprint density at radius 3 is 2.21 bits per heavy atom. The third-order valence-electron chi connectivity index (χ3n) is 1.66. The lowest BCUT2D eigenvalue weighted by Gasteiger charge is -1.87. The van der Waals surface area contributed by atoms with E-state index in [0.29, 0.717) is 5.82 Å². The molecule has 14 heavy (non-hydrogen) atoms. The summed E-state index contributed by atoms with van der Waals surface area (Å²) < 4.78 is 0. The van der Waals surface area contributed by atoms with Crippen LogP contribution in [0.1, 0.15) is 11.4 Å². The second kappa shape index (κ2) is 4.20. The normalized spacial score (nSPS) is 8.86. The summed E-state index contributed by atoms with van der Waals surface area (Å²) in [5.74, 6) is 6.43. The van der Waals surface area contributed by atoms with Crippen molar-refractivity contribution in [2.75, 3.05) is 0 Å². The Labute approximate surface area is 82.7 Å². The third-order valence-corrected chi connectivity index (χ3v) is 1.66. The molecule has 2 nitrogen and oxygen atoms in total. The van der Waals surface area contributed by atoms with Crippen LogP contribution in [0.4, 0.5) is 0 Å². The molecule has 0 N–H and O–H groups in total. The van der Waals surface area contributed by atoms with Crippen molar-refractivity contribution >= 4 is 0 Å². The minimum absolute atomic E-state index is 0.552. The fourth-order valence-electron chi connectivity index (χ4n) is 1.01. The summed E-state index contributed by atoms with van der Waals surface area (Å²) in [5, 5.41) is 0. The number of hydrogen-bond acceptors (Lipinski definition) is 2. The van der Waals surface area contributed by atoms with Crippen LogP contribution < -0.4 is 0 Å². The topological polar surface area (TPSA) is 25.8 Å². The Balaban J connectivity index is 2.24. The number of aromatic nitrogens is 2. The SMILES string of the molecule is C(#Cc1ncccn1)c1ccccc1. The Hall–Kier alpha value is -2.14. The minimum atomic E-state index is 0.552. The van der Waals surface area contributed by atoms with Gasteiger partial charge < -0.3 is 0 Å². The molecule has 0 aliphatic heterocycles. The molecule has 1 heterocycles. The highest BCUT2D eigenvalue weighted by atomic mass is 14.8. The van der Waals surface area contributed by atoms with Gasteiger partial charge >= 0.3 is 0 Å². The van der Waals surface area contributed by atoms with Crippen LogP contribution >= 0.6 is 0 Å². The molecule has 0 saturated carbocycles. The highest BCUT2D eigenvalue weighted by Crippen LogP contribution is 1.95. The van der Waals surface area contributed by atoms with Gasteiger partial charge in [-0.05, 0) is 24.1 Å². The lowest BCUT2D eigenvalue weighted by molar-refractivity contribution is 1.13. The molecule has 0 unspecified atom stereocenters. The van der Waals surface area contributed by atoms with Crippen molar-refractivity contribution in [2.24, 2.45) is 0 Å². The Morgan fingerprint density at radius 1 is 0.786 bits per heavy atom. The van der Waals surface area contributed by atoms with Crippen molar-refractivity contribution in [3.05, 3.63) is 60.2 Å². The predicted octanol–water partition coefficient (Wildman–Crippen LogP) is 1.88. The molecule has 0 spiro atoms. The highest BCUT2D eigenvalue weighted by molar-refractivity contribution is 5.37. The summed E-state index contributed by atoms with van der Waals surface area (Å²) in [4.78, 5) is 8.02. The van der Waals surface area contributed by atoms with Gasteiger partial charge in [-0.25, -0.2) is 9.97 Å². The second-order valence-corrected chi connectivity index (χ2v) is 2.69. The van der Waals surface area contributed by atoms with E-state index >= 15 is 0 Å². The van der Waals surface area contributed by atoms with E-state index in [1.54, 1.807) is 18.5 Å². The van der Waals surface area contributed by atoms with Crippen LogP contribution in [0, 0.1) is 11.8 Å². The van der Waals surface area contributed by atoms with Crippen LogP contribution in [0.15, 0.2) is 48.8 Å². The number of benzene rings is 1. The second-order valence-electron chi connectivity index (χ2n) is 2.69. The Bertz CT molecular complexity index is 408. The van der Waals surface area contributed by atoms with Crippen LogP contribution in [0.2, 0.25) is 0 Å². The molecule has 0 aliphatic carbocycles. The summed E-state index contributed by atoms with van der Waals surface area (Å²) in [5.41, 5.74) is 0.972. The fourth-order valence-corrected chi connectivity index (χ4v) is 1.01. The zero-order chi connectivity index (χ0) is 9.64. The summed E-state index contributed by atoms with van der Waals surface area (Å²) in [6.07, 6.45) is 3.37. The molecule has 0 radical (unpaired) electrons. The van der Waals surface area contributed by atoms with Gasteiger partial charge in [-0.3, -0.25) is 0 Å². The Morgan fingerprint density at radius 2 is 1.50 bits per heavy atom. The standard InChI is InChI=1S/C12H8N2/c1-2-5-11(6-3-1)7-8-12-13-9-4-10-14-12/h1-6,9-10H. The molecule has 66 valence electrons. The number of nitrogens with zero attached hydrogens (tertiary/aromatic N) is 2. The van der Waals surface area contributed by atoms with Crippen LogP contribution in [-0.4, -0.2) is 9.97 Å². The van der Waals surface area contributed by atoms with Gasteiger partial charge in [0.25, 0.3) is 0 Å². The molecular weight excluding hydrogens is 172 g/mol. The lowest BCUT2D eigenvalue weighted by Crippen LogP contribution is -1.84. The van der Waals surface area contributed by atoms with Crippen LogP contribution in [0.3, 0.4) is 0 Å². The minimum Gasteiger partial charge on any atom is -0.229 e. The first-order valence-corrected chi connectivity index (χ1v) is 4.29. The summed E-state index contributed by atoms with van der Waals surface area (Å²) >= 11 is 0. The van der Waals surface area contributed by atoms with Gasteiger partial charge in [-0.15, -0.1) is 0 Å². The molecule has 0 atom stereocenters. The van der Waals surface area contributed by atoms with Gasteiger partial charge in [0.05, 0.1) is 0 Å². The molecule has 0 fully saturated rings. The molecule has 2 aromatic rings. The number of rotatable bonds is 0. The van der Waals surface area contributed by atoms with Gasteiger partial charge in [-0.2, -0.15) is 0 Å². The molecule has 0 saturated heterocycles. The average molecular weight is 180 g/mol. The van der Waals surface area contributed by atoms with Crippen molar-refractivity contribution < 1.29 is 0 Å². The lowest BCUT2D eigenvalue weighted by atomic mass is 10.2. The molecule has 0 aliphatic rings. The maximum absolute atomic E-state index is 4.01. The van der Waals surface area contributed by atoms with Crippen molar-refractivity contribution in [1.82, 2.24) is 9.97 Å². The van der Waals surface area contributed by atoms with E-state index in [-0.39, 0.29) is 0 Å². The van der Waals surface area contributed by atoms with E-state index in [9.17, 15) is 0 Å². The van der Waals surface area contributed by atoms with Gasteiger partial charge in [-0.1, -0.05) is 24.1 Å². The number of hydrogen-bond donors (Lipinski definition) is 0. The molecule has 1 aromatic carbocycles. The molecule has 2 rings (SSSR count). The maximum Gasteiger partial charge on any atom is 0.205 e. The van der Waals surface area contributed by atoms with Crippen molar-refractivity contribution in [3.63, 3.8) is 0 Å². The Kier molecular flexibility index (Phi) is 2.54. The summed E-state index contributed by atoms with van der Waals surface area (Å²) in [6, 6.07) is 11.6. The maximum atomic E-state index is 4.01. The average Bonchev–Trinajstić information content (AvgIpc) is 2.29. The van der Waals surface area contributed by atoms with E-state index in [4.69, 9.17) is 0 Å². The largest absolute Gasteiger partial charge is 0.229 e. The molecule has 2 heteroatoms. The highest BCUT2D eigenvalue weighted by Gasteiger charge is 1.85. The third kappa shape index (κ3) is 2.18. The quantitative estimate of drug-likeness (QED) is 0.578. The predicted molar refractivity (Wildman–Crippen MR) is 54.5 cm³/mol. The van der Waals surface area contributed by atoms with Crippen molar-refractivity contribution in [2.45, 2.75) is 0 Å². The fraction of sp³-hybridized carbons (Fsp3) is 0. The van der Waals surface area contributed by atoms with E-state index in [1.807, 2.05) is 30.3 Å². The zero-order valence-electron chi connectivity index (χ0n) is 7.51. The molecular formula is C12H8N2. The summed E-state index contributed by atoms with van der Waals surface area (Å²) in [6.45, 7) is 0. The van der Waals surface area contributed by atoms with E-state index < -0.39 is 0 Å². The molecule has 1 aromatic heterocycles. The van der Waals surface area contributed by atoms with Crippen LogP contribution in [0.25, 0.3) is 0 Å². The monoisotopic (exact) mass is 180 g/mol. The van der Waals surface area contributed by atoms with E-state index in [1.165, 1.54) is 0 Å². The van der Waals surface area contributed by atoms with Gasteiger partial charge in [0.1, 0.15) is 0 Å². The van der Waals surface area contributed by atoms with Gasteiger partial charge in [0.2, 0.25) is 5.82 Å². The molecule has 0 bridgehead atoms. The first kappa shape index (κ1) is 8.46. The van der Waals surface area contributed by atoms with Crippen molar-refractivity contribution in [1.29, 1.82) is 0 Å². The summed E-state index contributed by atoms with van der Waals surface area (Å²) in [7, 11) is 0. The van der Waals surface area contributed by atoms with Gasteiger partial charge in [0, 0.05) is 18.0 Å². The van der Waals surface area contributed by atoms with E-state index in [2.05, 4.69) is 21.8 Å². The van der Waals surface area contributed by atoms with Crippen molar-refractivity contribution in [3.8, 4) is 11.8 Å². The zero-order valence-corrected chi connectivity index (χ0v) is 7.51. The first-order valence-electron chi connectivity index (χ1n) is 4.29. The van der Waals surface area contributed by atoms with E-state index in [0.717, 1.165) is 5.56 Å². The smallest absolute Gasteiger partial charge is 0.205 e. The van der Waals surface area contributed by atoms with Crippen LogP contribution in [-0.2, 0) is 0 Å². The van der Waals surface area contributed by atoms with Crippen LogP contribution in [0.5, 0.6) is 0 Å². The first-order chi connectivity index (χ1) is 6.95. The van der Waals surface area contributed by atoms with Gasteiger partial charge in [0.15, 0.2) is 0 Å². The molecule has 0 amide bonds.